The lowest BCUT2D eigenvalue weighted by atomic mass is 9.86. The van der Waals surface area contributed by atoms with Crippen molar-refractivity contribution in [3.05, 3.63) is 41.6 Å². The number of hydrogen-bond donors (Lipinski definition) is 1. The summed E-state index contributed by atoms with van der Waals surface area (Å²) in [5.41, 5.74) is 3.77. The molecule has 114 valence electrons. The van der Waals surface area contributed by atoms with Crippen molar-refractivity contribution in [1.29, 1.82) is 5.26 Å². The summed E-state index contributed by atoms with van der Waals surface area (Å²) in [6, 6.07) is 10.3. The molecule has 1 aromatic heterocycles. The van der Waals surface area contributed by atoms with Crippen LogP contribution in [0.1, 0.15) is 38.3 Å². The second-order valence-corrected chi connectivity index (χ2v) is 6.18. The number of rotatable bonds is 4. The number of hydrogen-bond acceptors (Lipinski definition) is 4. The molecule has 1 heterocycles. The largest absolute Gasteiger partial charge is 0.411 e. The van der Waals surface area contributed by atoms with Gasteiger partial charge in [-0.2, -0.15) is 10.4 Å². The zero-order valence-electron chi connectivity index (χ0n) is 13.1. The lowest BCUT2D eigenvalue weighted by molar-refractivity contribution is 0.322. The Morgan fingerprint density at radius 1 is 1.32 bits per heavy atom. The smallest absolute Gasteiger partial charge is 0.101 e. The van der Waals surface area contributed by atoms with Crippen molar-refractivity contribution < 1.29 is 5.21 Å². The van der Waals surface area contributed by atoms with Crippen molar-refractivity contribution in [2.75, 3.05) is 0 Å². The SMILES string of the molecule is CC(C)(C)c1ccc(-c2nn(CCC#N)cc2/C=N/O)cc1. The summed E-state index contributed by atoms with van der Waals surface area (Å²) in [6.45, 7) is 7.02. The Kier molecular flexibility index (Phi) is 4.62. The van der Waals surface area contributed by atoms with Gasteiger partial charge in [0.2, 0.25) is 0 Å². The highest BCUT2D eigenvalue weighted by molar-refractivity contribution is 5.88. The van der Waals surface area contributed by atoms with E-state index >= 15 is 0 Å². The highest BCUT2D eigenvalue weighted by Crippen LogP contribution is 2.26. The van der Waals surface area contributed by atoms with Crippen LogP contribution in [0.15, 0.2) is 35.6 Å². The molecule has 5 nitrogen and oxygen atoms in total. The molecule has 0 saturated carbocycles. The maximum absolute atomic E-state index is 8.81. The van der Waals surface area contributed by atoms with Gasteiger partial charge < -0.3 is 5.21 Å². The molecule has 0 saturated heterocycles. The van der Waals surface area contributed by atoms with Crippen LogP contribution in [0, 0.1) is 11.3 Å². The van der Waals surface area contributed by atoms with Crippen molar-refractivity contribution >= 4 is 6.21 Å². The summed E-state index contributed by atoms with van der Waals surface area (Å²) < 4.78 is 1.70. The van der Waals surface area contributed by atoms with Crippen LogP contribution in [0.5, 0.6) is 0 Å². The standard InChI is InChI=1S/C17H20N4O/c1-17(2,3)15-7-5-13(6-8-15)16-14(11-19-22)12-21(20-16)10-4-9-18/h5-8,11-12,22H,4,10H2,1-3H3/b19-11+. The summed E-state index contributed by atoms with van der Waals surface area (Å²) >= 11 is 0. The molecule has 1 aromatic carbocycles. The Bertz CT molecular complexity index is 700. The summed E-state index contributed by atoms with van der Waals surface area (Å²) in [5.74, 6) is 0. The molecule has 0 amide bonds. The molecule has 0 radical (unpaired) electrons. The molecular formula is C17H20N4O. The zero-order chi connectivity index (χ0) is 16.2. The van der Waals surface area contributed by atoms with Gasteiger partial charge in [0.1, 0.15) is 5.69 Å². The molecule has 0 atom stereocenters. The first-order valence-corrected chi connectivity index (χ1v) is 7.18. The molecule has 0 fully saturated rings. The van der Waals surface area contributed by atoms with Crippen molar-refractivity contribution in [2.24, 2.45) is 5.16 Å². The Morgan fingerprint density at radius 2 is 2.00 bits per heavy atom. The first-order chi connectivity index (χ1) is 10.5. The first kappa shape index (κ1) is 15.8. The number of nitrogens with zero attached hydrogens (tertiary/aromatic N) is 4. The Balaban J connectivity index is 2.38. The fraction of sp³-hybridized carbons (Fsp3) is 0.353. The third-order valence-corrected chi connectivity index (χ3v) is 3.46. The van der Waals surface area contributed by atoms with Crippen molar-refractivity contribution in [1.82, 2.24) is 9.78 Å². The number of aromatic nitrogens is 2. The van der Waals surface area contributed by atoms with E-state index in [4.69, 9.17) is 10.5 Å². The quantitative estimate of drug-likeness (QED) is 0.532. The van der Waals surface area contributed by atoms with E-state index in [2.05, 4.69) is 49.2 Å². The van der Waals surface area contributed by atoms with Crippen LogP contribution in [-0.2, 0) is 12.0 Å². The van der Waals surface area contributed by atoms with Gasteiger partial charge in [-0.1, -0.05) is 50.2 Å². The molecule has 0 aliphatic carbocycles. The average Bonchev–Trinajstić information content (AvgIpc) is 2.88. The summed E-state index contributed by atoms with van der Waals surface area (Å²) in [7, 11) is 0. The summed E-state index contributed by atoms with van der Waals surface area (Å²) in [6.07, 6.45) is 3.53. The topological polar surface area (TPSA) is 74.2 Å². The Morgan fingerprint density at radius 3 is 2.55 bits per heavy atom. The van der Waals surface area contributed by atoms with Crippen LogP contribution in [0.2, 0.25) is 0 Å². The summed E-state index contributed by atoms with van der Waals surface area (Å²) in [4.78, 5) is 0. The molecule has 1 N–H and O–H groups in total. The molecular weight excluding hydrogens is 276 g/mol. The van der Waals surface area contributed by atoms with Crippen molar-refractivity contribution in [2.45, 2.75) is 39.2 Å². The van der Waals surface area contributed by atoms with Gasteiger partial charge >= 0.3 is 0 Å². The molecule has 0 aliphatic heterocycles. The minimum atomic E-state index is 0.0973. The first-order valence-electron chi connectivity index (χ1n) is 7.18. The summed E-state index contributed by atoms with van der Waals surface area (Å²) in [5, 5.41) is 25.1. The lowest BCUT2D eigenvalue weighted by Crippen LogP contribution is -2.10. The molecule has 5 heteroatoms. The Labute approximate surface area is 130 Å². The number of nitriles is 1. The van der Waals surface area contributed by atoms with Crippen LogP contribution < -0.4 is 0 Å². The molecule has 0 unspecified atom stereocenters. The van der Waals surface area contributed by atoms with Crippen molar-refractivity contribution in [3.8, 4) is 17.3 Å². The van der Waals surface area contributed by atoms with Crippen LogP contribution in [0.3, 0.4) is 0 Å². The van der Waals surface area contributed by atoms with E-state index in [1.807, 2.05) is 12.1 Å². The number of oxime groups is 1. The molecule has 22 heavy (non-hydrogen) atoms. The Hall–Kier alpha value is -2.61. The van der Waals surface area contributed by atoms with Gasteiger partial charge in [-0.25, -0.2) is 0 Å². The van der Waals surface area contributed by atoms with Gasteiger partial charge in [-0.15, -0.1) is 0 Å². The average molecular weight is 296 g/mol. The molecule has 2 aromatic rings. The van der Waals surface area contributed by atoms with Crippen LogP contribution in [0.25, 0.3) is 11.3 Å². The van der Waals surface area contributed by atoms with E-state index in [1.165, 1.54) is 11.8 Å². The fourth-order valence-electron chi connectivity index (χ4n) is 2.23. The maximum Gasteiger partial charge on any atom is 0.101 e. The van der Waals surface area contributed by atoms with Gasteiger partial charge in [0.15, 0.2) is 0 Å². The van der Waals surface area contributed by atoms with Gasteiger partial charge in [-0.3, -0.25) is 4.68 Å². The number of aryl methyl sites for hydroxylation is 1. The second kappa shape index (κ2) is 6.44. The maximum atomic E-state index is 8.81. The van der Waals surface area contributed by atoms with Gasteiger partial charge in [0.05, 0.1) is 25.2 Å². The van der Waals surface area contributed by atoms with Crippen LogP contribution in [-0.4, -0.2) is 21.2 Å². The normalized spacial score (nSPS) is 11.7. The highest BCUT2D eigenvalue weighted by atomic mass is 16.4. The van der Waals surface area contributed by atoms with E-state index in [-0.39, 0.29) is 5.41 Å². The van der Waals surface area contributed by atoms with E-state index < -0.39 is 0 Å². The molecule has 0 aliphatic rings. The van der Waals surface area contributed by atoms with Gasteiger partial charge in [0, 0.05) is 17.3 Å². The predicted molar refractivity (Wildman–Crippen MR) is 86.0 cm³/mol. The molecule has 2 rings (SSSR count). The predicted octanol–water partition coefficient (Wildman–Crippen LogP) is 3.57. The number of benzene rings is 1. The monoisotopic (exact) mass is 296 g/mol. The third-order valence-electron chi connectivity index (χ3n) is 3.46. The highest BCUT2D eigenvalue weighted by Gasteiger charge is 2.15. The molecule has 0 bridgehead atoms. The second-order valence-electron chi connectivity index (χ2n) is 6.18. The lowest BCUT2D eigenvalue weighted by Gasteiger charge is -2.19. The van der Waals surface area contributed by atoms with Crippen LogP contribution in [0.4, 0.5) is 0 Å². The van der Waals surface area contributed by atoms with E-state index in [9.17, 15) is 0 Å². The van der Waals surface area contributed by atoms with E-state index in [1.54, 1.807) is 10.9 Å². The molecule has 0 spiro atoms. The van der Waals surface area contributed by atoms with Gasteiger partial charge in [-0.05, 0) is 11.0 Å². The third kappa shape index (κ3) is 3.53. The van der Waals surface area contributed by atoms with Crippen LogP contribution >= 0.6 is 0 Å². The van der Waals surface area contributed by atoms with Crippen molar-refractivity contribution in [3.63, 3.8) is 0 Å². The van der Waals surface area contributed by atoms with E-state index in [0.717, 1.165) is 16.8 Å². The van der Waals surface area contributed by atoms with E-state index in [0.29, 0.717) is 13.0 Å². The minimum Gasteiger partial charge on any atom is -0.411 e. The zero-order valence-corrected chi connectivity index (χ0v) is 13.1. The minimum absolute atomic E-state index is 0.0973. The fourth-order valence-corrected chi connectivity index (χ4v) is 2.23. The van der Waals surface area contributed by atoms with Gasteiger partial charge in [0.25, 0.3) is 0 Å².